The van der Waals surface area contributed by atoms with Gasteiger partial charge in [-0.25, -0.2) is 0 Å². The molecule has 1 aliphatic heterocycles. The second-order valence-corrected chi connectivity index (χ2v) is 9.70. The summed E-state index contributed by atoms with van der Waals surface area (Å²) < 4.78 is 0. The van der Waals surface area contributed by atoms with Gasteiger partial charge in [-0.1, -0.05) is 124 Å². The number of unbranched alkanes of at least 4 members (excludes halogenated alkanes) is 16. The van der Waals surface area contributed by atoms with Crippen molar-refractivity contribution in [3.8, 4) is 0 Å². The molecule has 0 saturated carbocycles. The Morgan fingerprint density at radius 3 is 1.17 bits per heavy atom. The highest BCUT2D eigenvalue weighted by Crippen LogP contribution is 2.23. The minimum atomic E-state index is 0.645. The molecule has 0 amide bonds. The molecule has 178 valence electrons. The van der Waals surface area contributed by atoms with E-state index in [2.05, 4.69) is 43.0 Å². The van der Waals surface area contributed by atoms with Crippen molar-refractivity contribution >= 4 is 0 Å². The van der Waals surface area contributed by atoms with Gasteiger partial charge in [0, 0.05) is 25.5 Å². The van der Waals surface area contributed by atoms with E-state index in [9.17, 15) is 0 Å². The second kappa shape index (κ2) is 20.3. The summed E-state index contributed by atoms with van der Waals surface area (Å²) in [5.41, 5.74) is 0. The first-order chi connectivity index (χ1) is 14.8. The number of hydrogen-bond acceptors (Lipinski definition) is 2. The zero-order chi connectivity index (χ0) is 21.7. The van der Waals surface area contributed by atoms with Gasteiger partial charge < -0.3 is 9.80 Å². The maximum atomic E-state index is 2.67. The first kappa shape index (κ1) is 27.4. The van der Waals surface area contributed by atoms with Crippen LogP contribution in [0, 0.1) is 0 Å². The second-order valence-electron chi connectivity index (χ2n) is 9.70. The van der Waals surface area contributed by atoms with E-state index in [-0.39, 0.29) is 0 Å². The highest BCUT2D eigenvalue weighted by Gasteiger charge is 2.24. The molecule has 0 spiro atoms. The van der Waals surface area contributed by atoms with E-state index in [1.807, 2.05) is 0 Å². The molecule has 1 atom stereocenters. The summed E-state index contributed by atoms with van der Waals surface area (Å²) in [4.78, 5) is 5.34. The van der Waals surface area contributed by atoms with Gasteiger partial charge in [-0.3, -0.25) is 0 Å². The van der Waals surface area contributed by atoms with Crippen LogP contribution in [0.3, 0.4) is 0 Å². The highest BCUT2D eigenvalue weighted by molar-refractivity contribution is 4.97. The molecule has 1 rings (SSSR count). The van der Waals surface area contributed by atoms with Crippen LogP contribution in [0.25, 0.3) is 0 Å². The molecule has 0 bridgehead atoms. The number of nitrogens with zero attached hydrogens (tertiary/aromatic N) is 2. The van der Waals surface area contributed by atoms with Crippen molar-refractivity contribution in [2.24, 2.45) is 0 Å². The fourth-order valence-electron chi connectivity index (χ4n) is 4.77. The molecule has 0 fully saturated rings. The molecular weight excluding hydrogens is 364 g/mol. The van der Waals surface area contributed by atoms with Crippen LogP contribution in [0.5, 0.6) is 0 Å². The molecule has 1 aliphatic rings. The molecule has 0 N–H and O–H groups in total. The Labute approximate surface area is 190 Å². The van der Waals surface area contributed by atoms with E-state index in [0.717, 1.165) is 0 Å². The predicted octanol–water partition coefficient (Wildman–Crippen LogP) is 9.26. The van der Waals surface area contributed by atoms with Gasteiger partial charge in [0.05, 0.1) is 0 Å². The maximum Gasteiger partial charge on any atom is 0.101 e. The standard InChI is InChI=1S/C28H56N2/c1-4-7-10-13-15-16-17-19-22-25-30-27-26-29(24-21-18-14-11-8-5-2)28(30)23-20-12-9-6-3/h26-28H,4-25H2,1-3H3. The average molecular weight is 421 g/mol. The average Bonchev–Trinajstić information content (AvgIpc) is 3.14. The van der Waals surface area contributed by atoms with Crippen LogP contribution >= 0.6 is 0 Å². The van der Waals surface area contributed by atoms with Gasteiger partial charge in [0.1, 0.15) is 6.17 Å². The normalized spacial score (nSPS) is 16.2. The third-order valence-electron chi connectivity index (χ3n) is 6.82. The maximum absolute atomic E-state index is 2.67. The molecule has 0 saturated heterocycles. The SMILES string of the molecule is CCCCCCCCCCCN1C=CN(CCCCCCCC)C1CCCCCC. The number of hydrogen-bond donors (Lipinski definition) is 0. The fraction of sp³-hybridized carbons (Fsp3) is 0.929. The molecule has 2 heteroatoms. The highest BCUT2D eigenvalue weighted by atomic mass is 15.4. The Bertz CT molecular complexity index is 379. The Morgan fingerprint density at radius 1 is 0.433 bits per heavy atom. The van der Waals surface area contributed by atoms with Crippen molar-refractivity contribution in [1.29, 1.82) is 0 Å². The van der Waals surface area contributed by atoms with E-state index >= 15 is 0 Å². The molecular formula is C28H56N2. The van der Waals surface area contributed by atoms with E-state index in [1.165, 1.54) is 142 Å². The van der Waals surface area contributed by atoms with Crippen LogP contribution in [0.15, 0.2) is 12.4 Å². The minimum absolute atomic E-state index is 0.645. The topological polar surface area (TPSA) is 6.48 Å². The molecule has 0 aliphatic carbocycles. The van der Waals surface area contributed by atoms with Crippen LogP contribution < -0.4 is 0 Å². The van der Waals surface area contributed by atoms with Crippen molar-refractivity contribution in [1.82, 2.24) is 9.80 Å². The fourth-order valence-corrected chi connectivity index (χ4v) is 4.77. The summed E-state index contributed by atoms with van der Waals surface area (Å²) in [6, 6.07) is 0. The van der Waals surface area contributed by atoms with Crippen molar-refractivity contribution in [2.45, 2.75) is 155 Å². The summed E-state index contributed by atoms with van der Waals surface area (Å²) >= 11 is 0. The van der Waals surface area contributed by atoms with Crippen LogP contribution in [-0.2, 0) is 0 Å². The van der Waals surface area contributed by atoms with Gasteiger partial charge in [-0.2, -0.15) is 0 Å². The minimum Gasteiger partial charge on any atom is -0.356 e. The van der Waals surface area contributed by atoms with E-state index in [4.69, 9.17) is 0 Å². The van der Waals surface area contributed by atoms with Gasteiger partial charge in [-0.05, 0) is 25.7 Å². The van der Waals surface area contributed by atoms with Crippen molar-refractivity contribution < 1.29 is 0 Å². The zero-order valence-electron chi connectivity index (χ0n) is 21.2. The van der Waals surface area contributed by atoms with E-state index < -0.39 is 0 Å². The zero-order valence-corrected chi connectivity index (χ0v) is 21.2. The van der Waals surface area contributed by atoms with Crippen LogP contribution in [0.1, 0.15) is 149 Å². The predicted molar refractivity (Wildman–Crippen MR) is 136 cm³/mol. The lowest BCUT2D eigenvalue weighted by molar-refractivity contribution is 0.135. The van der Waals surface area contributed by atoms with Gasteiger partial charge in [0.2, 0.25) is 0 Å². The molecule has 30 heavy (non-hydrogen) atoms. The van der Waals surface area contributed by atoms with Crippen LogP contribution in [0.4, 0.5) is 0 Å². The molecule has 1 unspecified atom stereocenters. The van der Waals surface area contributed by atoms with Crippen molar-refractivity contribution in [3.05, 3.63) is 12.4 Å². The smallest absolute Gasteiger partial charge is 0.101 e. The lowest BCUT2D eigenvalue weighted by atomic mass is 10.1. The van der Waals surface area contributed by atoms with E-state index in [0.29, 0.717) is 6.17 Å². The summed E-state index contributed by atoms with van der Waals surface area (Å²) in [5.74, 6) is 0. The molecule has 0 aromatic carbocycles. The third-order valence-corrected chi connectivity index (χ3v) is 6.82. The van der Waals surface area contributed by atoms with Gasteiger partial charge in [0.15, 0.2) is 0 Å². The molecule has 0 radical (unpaired) electrons. The quantitative estimate of drug-likeness (QED) is 0.161. The largest absolute Gasteiger partial charge is 0.356 e. The van der Waals surface area contributed by atoms with E-state index in [1.54, 1.807) is 0 Å². The lowest BCUT2D eigenvalue weighted by Crippen LogP contribution is -2.39. The Hall–Kier alpha value is -0.660. The Balaban J connectivity index is 2.23. The summed E-state index contributed by atoms with van der Waals surface area (Å²) in [7, 11) is 0. The van der Waals surface area contributed by atoms with Crippen molar-refractivity contribution in [2.75, 3.05) is 13.1 Å². The van der Waals surface area contributed by atoms with Crippen LogP contribution in [-0.4, -0.2) is 29.1 Å². The summed E-state index contributed by atoms with van der Waals surface area (Å²) in [6.07, 6.45) is 33.5. The van der Waals surface area contributed by atoms with Gasteiger partial charge in [-0.15, -0.1) is 0 Å². The monoisotopic (exact) mass is 420 g/mol. The first-order valence-corrected chi connectivity index (χ1v) is 14.0. The van der Waals surface area contributed by atoms with Gasteiger partial charge in [0.25, 0.3) is 0 Å². The van der Waals surface area contributed by atoms with Gasteiger partial charge >= 0.3 is 0 Å². The Morgan fingerprint density at radius 2 is 0.767 bits per heavy atom. The molecule has 0 aromatic heterocycles. The Kier molecular flexibility index (Phi) is 18.5. The third kappa shape index (κ3) is 13.6. The van der Waals surface area contributed by atoms with Crippen molar-refractivity contribution in [3.63, 3.8) is 0 Å². The summed E-state index contributed by atoms with van der Waals surface area (Å²) in [6.45, 7) is 9.45. The first-order valence-electron chi connectivity index (χ1n) is 14.0. The lowest BCUT2D eigenvalue weighted by Gasteiger charge is -2.33. The summed E-state index contributed by atoms with van der Waals surface area (Å²) in [5, 5.41) is 0. The molecule has 0 aromatic rings. The molecule has 1 heterocycles. The molecule has 2 nitrogen and oxygen atoms in total. The van der Waals surface area contributed by atoms with Crippen LogP contribution in [0.2, 0.25) is 0 Å². The number of rotatable bonds is 22.